The van der Waals surface area contributed by atoms with Gasteiger partial charge in [0.1, 0.15) is 17.3 Å². The van der Waals surface area contributed by atoms with Crippen LogP contribution in [0.5, 0.6) is 0 Å². The van der Waals surface area contributed by atoms with Gasteiger partial charge in [0.05, 0.1) is 0 Å². The summed E-state index contributed by atoms with van der Waals surface area (Å²) >= 11 is 0. The summed E-state index contributed by atoms with van der Waals surface area (Å²) in [5, 5.41) is 3.34. The minimum atomic E-state index is 0.696. The number of nitrogens with zero attached hydrogens (tertiary/aromatic N) is 4. The second-order valence-electron chi connectivity index (χ2n) is 4.69. The molecule has 2 heterocycles. The summed E-state index contributed by atoms with van der Waals surface area (Å²) in [5.74, 6) is 2.41. The molecular weight excluding hydrogens is 238 g/mol. The Kier molecular flexibility index (Phi) is 3.11. The second-order valence-corrected chi connectivity index (χ2v) is 4.69. The van der Waals surface area contributed by atoms with Gasteiger partial charge in [0, 0.05) is 24.0 Å². The molecule has 0 saturated carbocycles. The van der Waals surface area contributed by atoms with E-state index in [0.717, 1.165) is 48.8 Å². The van der Waals surface area contributed by atoms with E-state index in [2.05, 4.69) is 32.2 Å². The van der Waals surface area contributed by atoms with Gasteiger partial charge in [0.25, 0.3) is 0 Å². The van der Waals surface area contributed by atoms with E-state index in [1.165, 1.54) is 5.56 Å². The number of aryl methyl sites for hydroxylation is 2. The normalized spacial score (nSPS) is 13.4. The smallest absolute Gasteiger partial charge is 0.180 e. The lowest BCUT2D eigenvalue weighted by molar-refractivity contribution is 0.899. The Morgan fingerprint density at radius 3 is 2.89 bits per heavy atom. The van der Waals surface area contributed by atoms with Crippen molar-refractivity contribution in [2.45, 2.75) is 33.1 Å². The predicted molar refractivity (Wildman–Crippen MR) is 74.0 cm³/mol. The lowest BCUT2D eigenvalue weighted by Crippen LogP contribution is -2.07. The third kappa shape index (κ3) is 2.28. The van der Waals surface area contributed by atoms with Gasteiger partial charge in [-0.2, -0.15) is 0 Å². The van der Waals surface area contributed by atoms with Crippen LogP contribution < -0.4 is 5.32 Å². The molecule has 1 N–H and O–H groups in total. The molecule has 1 aliphatic rings. The molecule has 1 aliphatic carbocycles. The maximum absolute atomic E-state index is 4.67. The first-order chi connectivity index (χ1) is 9.28. The fourth-order valence-corrected chi connectivity index (χ4v) is 2.44. The van der Waals surface area contributed by atoms with Crippen LogP contribution in [0, 0.1) is 6.92 Å². The molecule has 0 atom stereocenters. The first kappa shape index (κ1) is 12.0. The Bertz CT molecular complexity index is 609. The van der Waals surface area contributed by atoms with Crippen LogP contribution in [0.15, 0.2) is 12.3 Å². The minimum Gasteiger partial charge on any atom is -0.370 e. The van der Waals surface area contributed by atoms with Gasteiger partial charge in [0.15, 0.2) is 5.82 Å². The number of aromatic nitrogens is 4. The summed E-state index contributed by atoms with van der Waals surface area (Å²) in [5.41, 5.74) is 3.23. The van der Waals surface area contributed by atoms with Crippen molar-refractivity contribution in [1.82, 2.24) is 19.9 Å². The van der Waals surface area contributed by atoms with Crippen molar-refractivity contribution in [2.75, 3.05) is 11.9 Å². The Hall–Kier alpha value is -2.04. The van der Waals surface area contributed by atoms with Gasteiger partial charge in [-0.15, -0.1) is 0 Å². The van der Waals surface area contributed by atoms with E-state index in [1.54, 1.807) is 6.20 Å². The lowest BCUT2D eigenvalue weighted by Gasteiger charge is -2.10. The summed E-state index contributed by atoms with van der Waals surface area (Å²) in [6, 6.07) is 1.86. The SMILES string of the molecule is CCNc1nc(-c2ccnc(C)n2)nc2c1CCC2. The molecule has 0 saturated heterocycles. The Labute approximate surface area is 112 Å². The molecule has 0 unspecified atom stereocenters. The van der Waals surface area contributed by atoms with Gasteiger partial charge in [-0.1, -0.05) is 0 Å². The van der Waals surface area contributed by atoms with E-state index < -0.39 is 0 Å². The highest BCUT2D eigenvalue weighted by Gasteiger charge is 2.19. The monoisotopic (exact) mass is 255 g/mol. The number of hydrogen-bond donors (Lipinski definition) is 1. The predicted octanol–water partition coefficient (Wildman–Crippen LogP) is 2.16. The fourth-order valence-electron chi connectivity index (χ4n) is 2.44. The van der Waals surface area contributed by atoms with Crippen molar-refractivity contribution >= 4 is 5.82 Å². The van der Waals surface area contributed by atoms with Gasteiger partial charge in [-0.25, -0.2) is 19.9 Å². The molecular formula is C14H17N5. The number of rotatable bonds is 3. The van der Waals surface area contributed by atoms with Gasteiger partial charge in [-0.05, 0) is 39.2 Å². The molecule has 0 fully saturated rings. The molecule has 3 rings (SSSR count). The molecule has 0 aromatic carbocycles. The number of nitrogens with one attached hydrogen (secondary N) is 1. The van der Waals surface area contributed by atoms with E-state index >= 15 is 0 Å². The van der Waals surface area contributed by atoms with E-state index in [0.29, 0.717) is 5.82 Å². The number of fused-ring (bicyclic) bond motifs is 1. The van der Waals surface area contributed by atoms with Gasteiger partial charge < -0.3 is 5.32 Å². The molecule has 0 bridgehead atoms. The lowest BCUT2D eigenvalue weighted by atomic mass is 10.2. The van der Waals surface area contributed by atoms with Crippen molar-refractivity contribution in [2.24, 2.45) is 0 Å². The summed E-state index contributed by atoms with van der Waals surface area (Å²) in [4.78, 5) is 17.8. The fraction of sp³-hybridized carbons (Fsp3) is 0.429. The molecule has 0 aliphatic heterocycles. The van der Waals surface area contributed by atoms with Crippen LogP contribution in [0.2, 0.25) is 0 Å². The summed E-state index contributed by atoms with van der Waals surface area (Å²) in [6.07, 6.45) is 5.02. The van der Waals surface area contributed by atoms with Gasteiger partial charge in [-0.3, -0.25) is 0 Å². The average molecular weight is 255 g/mol. The largest absolute Gasteiger partial charge is 0.370 e. The minimum absolute atomic E-state index is 0.696. The van der Waals surface area contributed by atoms with E-state index in [1.807, 2.05) is 13.0 Å². The molecule has 5 heteroatoms. The summed E-state index contributed by atoms with van der Waals surface area (Å²) in [6.45, 7) is 4.83. The van der Waals surface area contributed by atoms with Crippen LogP contribution in [0.25, 0.3) is 11.5 Å². The van der Waals surface area contributed by atoms with Crippen LogP contribution in [0.1, 0.15) is 30.4 Å². The van der Waals surface area contributed by atoms with Crippen LogP contribution in [0.3, 0.4) is 0 Å². The third-order valence-corrected chi connectivity index (χ3v) is 3.28. The van der Waals surface area contributed by atoms with Gasteiger partial charge in [0.2, 0.25) is 0 Å². The number of anilines is 1. The third-order valence-electron chi connectivity index (χ3n) is 3.28. The van der Waals surface area contributed by atoms with Crippen LogP contribution in [-0.2, 0) is 12.8 Å². The Balaban J connectivity index is 2.10. The highest BCUT2D eigenvalue weighted by molar-refractivity contribution is 5.57. The highest BCUT2D eigenvalue weighted by Crippen LogP contribution is 2.28. The van der Waals surface area contributed by atoms with Crippen molar-refractivity contribution in [1.29, 1.82) is 0 Å². The Morgan fingerprint density at radius 1 is 1.21 bits per heavy atom. The quantitative estimate of drug-likeness (QED) is 0.910. The highest BCUT2D eigenvalue weighted by atomic mass is 15.1. The average Bonchev–Trinajstić information content (AvgIpc) is 2.87. The standard InChI is InChI=1S/C14H17N5/c1-3-15-13-10-5-4-6-11(10)18-14(19-13)12-7-8-16-9(2)17-12/h7-8H,3-6H2,1-2H3,(H,15,18,19). The molecule has 5 nitrogen and oxygen atoms in total. The van der Waals surface area contributed by atoms with Crippen molar-refractivity contribution in [3.8, 4) is 11.5 Å². The topological polar surface area (TPSA) is 63.6 Å². The molecule has 2 aromatic heterocycles. The van der Waals surface area contributed by atoms with Gasteiger partial charge >= 0.3 is 0 Å². The molecule has 98 valence electrons. The van der Waals surface area contributed by atoms with Crippen LogP contribution in [-0.4, -0.2) is 26.5 Å². The summed E-state index contributed by atoms with van der Waals surface area (Å²) < 4.78 is 0. The molecule has 0 spiro atoms. The second kappa shape index (κ2) is 4.91. The molecule has 0 radical (unpaired) electrons. The maximum Gasteiger partial charge on any atom is 0.180 e. The van der Waals surface area contributed by atoms with Crippen LogP contribution >= 0.6 is 0 Å². The first-order valence-electron chi connectivity index (χ1n) is 6.71. The van der Waals surface area contributed by atoms with Crippen molar-refractivity contribution in [3.63, 3.8) is 0 Å². The van der Waals surface area contributed by atoms with E-state index in [4.69, 9.17) is 0 Å². The van der Waals surface area contributed by atoms with Crippen LogP contribution in [0.4, 0.5) is 5.82 Å². The zero-order valence-corrected chi connectivity index (χ0v) is 11.3. The summed E-state index contributed by atoms with van der Waals surface area (Å²) in [7, 11) is 0. The van der Waals surface area contributed by atoms with Crippen molar-refractivity contribution in [3.05, 3.63) is 29.3 Å². The number of hydrogen-bond acceptors (Lipinski definition) is 5. The zero-order chi connectivity index (χ0) is 13.2. The maximum atomic E-state index is 4.67. The van der Waals surface area contributed by atoms with E-state index in [9.17, 15) is 0 Å². The molecule has 19 heavy (non-hydrogen) atoms. The molecule has 0 amide bonds. The zero-order valence-electron chi connectivity index (χ0n) is 11.3. The van der Waals surface area contributed by atoms with Crippen molar-refractivity contribution < 1.29 is 0 Å². The van der Waals surface area contributed by atoms with E-state index in [-0.39, 0.29) is 0 Å². The Morgan fingerprint density at radius 2 is 2.11 bits per heavy atom. The molecule has 2 aromatic rings. The first-order valence-corrected chi connectivity index (χ1v) is 6.71.